The van der Waals surface area contributed by atoms with Gasteiger partial charge < -0.3 is 5.32 Å². The van der Waals surface area contributed by atoms with Crippen molar-refractivity contribution < 1.29 is 4.39 Å². The van der Waals surface area contributed by atoms with Crippen LogP contribution in [0.4, 0.5) is 4.39 Å². The number of hydrogen-bond donors (Lipinski definition) is 1. The summed E-state index contributed by atoms with van der Waals surface area (Å²) in [6.07, 6.45) is 1.11. The first-order chi connectivity index (χ1) is 9.97. The van der Waals surface area contributed by atoms with Crippen LogP contribution in [0.25, 0.3) is 11.1 Å². The quantitative estimate of drug-likeness (QED) is 0.824. The molecule has 1 N–H and O–H groups in total. The maximum Gasteiger partial charge on any atom is 0.127 e. The van der Waals surface area contributed by atoms with E-state index in [4.69, 9.17) is 0 Å². The first kappa shape index (κ1) is 15.7. The minimum Gasteiger partial charge on any atom is -0.316 e. The van der Waals surface area contributed by atoms with Gasteiger partial charge >= 0.3 is 0 Å². The summed E-state index contributed by atoms with van der Waals surface area (Å²) < 4.78 is 13.7. The van der Waals surface area contributed by atoms with Gasteiger partial charge in [-0.15, -0.1) is 0 Å². The van der Waals surface area contributed by atoms with E-state index < -0.39 is 0 Å². The van der Waals surface area contributed by atoms with Crippen LogP contribution in [-0.2, 0) is 12.0 Å². The smallest absolute Gasteiger partial charge is 0.127 e. The van der Waals surface area contributed by atoms with Crippen molar-refractivity contribution in [3.05, 3.63) is 59.4 Å². The first-order valence-corrected chi connectivity index (χ1v) is 7.52. The molecule has 21 heavy (non-hydrogen) atoms. The molecule has 0 aliphatic carbocycles. The molecule has 2 aromatic rings. The molecule has 2 heteroatoms. The van der Waals surface area contributed by atoms with Crippen molar-refractivity contribution in [2.75, 3.05) is 7.05 Å². The molecule has 0 heterocycles. The summed E-state index contributed by atoms with van der Waals surface area (Å²) in [7, 11) is 1.83. The Morgan fingerprint density at radius 2 is 1.62 bits per heavy atom. The van der Waals surface area contributed by atoms with Crippen molar-refractivity contribution in [2.24, 2.45) is 0 Å². The molecule has 1 nitrogen and oxygen atoms in total. The molecule has 0 amide bonds. The van der Waals surface area contributed by atoms with Gasteiger partial charge in [0.2, 0.25) is 0 Å². The largest absolute Gasteiger partial charge is 0.316 e. The highest BCUT2D eigenvalue weighted by Gasteiger charge is 2.17. The molecule has 0 bridgehead atoms. The molecule has 0 aromatic heterocycles. The lowest BCUT2D eigenvalue weighted by atomic mass is 9.82. The zero-order valence-electron chi connectivity index (χ0n) is 13.3. The van der Waals surface area contributed by atoms with E-state index in [1.54, 1.807) is 6.07 Å². The minimum atomic E-state index is -0.156. The molecule has 0 aliphatic rings. The summed E-state index contributed by atoms with van der Waals surface area (Å²) in [4.78, 5) is 0. The molecule has 2 rings (SSSR count). The molecular formula is C19H24FN. The van der Waals surface area contributed by atoms with Gasteiger partial charge in [0.25, 0.3) is 0 Å². The van der Waals surface area contributed by atoms with E-state index in [9.17, 15) is 4.39 Å². The maximum atomic E-state index is 13.7. The van der Waals surface area contributed by atoms with Gasteiger partial charge in [-0.25, -0.2) is 4.39 Å². The Morgan fingerprint density at radius 1 is 1.00 bits per heavy atom. The zero-order valence-corrected chi connectivity index (χ0v) is 13.3. The van der Waals surface area contributed by atoms with Crippen LogP contribution < -0.4 is 5.32 Å². The number of rotatable bonds is 5. The van der Waals surface area contributed by atoms with Gasteiger partial charge in [0.1, 0.15) is 5.82 Å². The SMILES string of the molecule is CCC(C)(C)c1ccc(-c2ccc(F)c(CNC)c2)cc1. The van der Waals surface area contributed by atoms with Gasteiger partial charge in [-0.3, -0.25) is 0 Å². The van der Waals surface area contributed by atoms with Gasteiger partial charge in [-0.2, -0.15) is 0 Å². The molecule has 0 aliphatic heterocycles. The van der Waals surface area contributed by atoms with Gasteiger partial charge in [-0.1, -0.05) is 51.1 Å². The van der Waals surface area contributed by atoms with Crippen molar-refractivity contribution in [2.45, 2.75) is 39.2 Å². The Bertz CT molecular complexity index is 599. The Balaban J connectivity index is 2.33. The summed E-state index contributed by atoms with van der Waals surface area (Å²) >= 11 is 0. The van der Waals surface area contributed by atoms with Crippen molar-refractivity contribution in [1.82, 2.24) is 5.32 Å². The van der Waals surface area contributed by atoms with Crippen molar-refractivity contribution in [3.8, 4) is 11.1 Å². The summed E-state index contributed by atoms with van der Waals surface area (Å²) in [6.45, 7) is 7.26. The van der Waals surface area contributed by atoms with Crippen LogP contribution in [0.15, 0.2) is 42.5 Å². The van der Waals surface area contributed by atoms with Crippen molar-refractivity contribution >= 4 is 0 Å². The van der Waals surface area contributed by atoms with Gasteiger partial charge in [0, 0.05) is 12.1 Å². The monoisotopic (exact) mass is 285 g/mol. The highest BCUT2D eigenvalue weighted by molar-refractivity contribution is 5.64. The van der Waals surface area contributed by atoms with E-state index >= 15 is 0 Å². The lowest BCUT2D eigenvalue weighted by molar-refractivity contribution is 0.506. The van der Waals surface area contributed by atoms with Crippen LogP contribution in [-0.4, -0.2) is 7.05 Å². The van der Waals surface area contributed by atoms with E-state index in [0.717, 1.165) is 17.5 Å². The van der Waals surface area contributed by atoms with Crippen LogP contribution in [0.5, 0.6) is 0 Å². The zero-order chi connectivity index (χ0) is 15.5. The molecule has 0 unspecified atom stereocenters. The fourth-order valence-electron chi connectivity index (χ4n) is 2.40. The van der Waals surface area contributed by atoms with E-state index in [2.05, 4.69) is 50.4 Å². The summed E-state index contributed by atoms with van der Waals surface area (Å²) in [6, 6.07) is 13.9. The lowest BCUT2D eigenvalue weighted by Crippen LogP contribution is -2.14. The van der Waals surface area contributed by atoms with E-state index in [-0.39, 0.29) is 11.2 Å². The third kappa shape index (κ3) is 3.51. The van der Waals surface area contributed by atoms with Crippen LogP contribution in [0, 0.1) is 5.82 Å². The van der Waals surface area contributed by atoms with Crippen LogP contribution in [0.2, 0.25) is 0 Å². The first-order valence-electron chi connectivity index (χ1n) is 7.52. The third-order valence-electron chi connectivity index (χ3n) is 4.30. The number of benzene rings is 2. The minimum absolute atomic E-state index is 0.156. The van der Waals surface area contributed by atoms with Gasteiger partial charge in [0.15, 0.2) is 0 Å². The van der Waals surface area contributed by atoms with Gasteiger partial charge in [0.05, 0.1) is 0 Å². The topological polar surface area (TPSA) is 12.0 Å². The Labute approximate surface area is 127 Å². The summed E-state index contributed by atoms with van der Waals surface area (Å²) in [5.41, 5.74) is 4.42. The van der Waals surface area contributed by atoms with E-state index in [1.165, 1.54) is 5.56 Å². The van der Waals surface area contributed by atoms with Crippen LogP contribution in [0.1, 0.15) is 38.3 Å². The Morgan fingerprint density at radius 3 is 2.19 bits per heavy atom. The average molecular weight is 285 g/mol. The second-order valence-electron chi connectivity index (χ2n) is 6.15. The Hall–Kier alpha value is -1.67. The molecule has 0 radical (unpaired) electrons. The number of hydrogen-bond acceptors (Lipinski definition) is 1. The van der Waals surface area contributed by atoms with Gasteiger partial charge in [-0.05, 0) is 47.7 Å². The molecule has 0 saturated heterocycles. The highest BCUT2D eigenvalue weighted by atomic mass is 19.1. The normalized spacial score (nSPS) is 11.7. The fourth-order valence-corrected chi connectivity index (χ4v) is 2.40. The number of halogens is 1. The fraction of sp³-hybridized carbons (Fsp3) is 0.368. The standard InChI is InChI=1S/C19H24FN/c1-5-19(2,3)17-9-6-14(7-10-17)15-8-11-18(20)16(12-15)13-21-4/h6-12,21H,5,13H2,1-4H3. The Kier molecular flexibility index (Phi) is 4.79. The molecule has 2 aromatic carbocycles. The second kappa shape index (κ2) is 6.40. The molecule has 0 spiro atoms. The van der Waals surface area contributed by atoms with Crippen molar-refractivity contribution in [3.63, 3.8) is 0 Å². The highest BCUT2D eigenvalue weighted by Crippen LogP contribution is 2.29. The van der Waals surface area contributed by atoms with Crippen molar-refractivity contribution in [1.29, 1.82) is 0 Å². The maximum absolute atomic E-state index is 13.7. The predicted octanol–water partition coefficient (Wildman–Crippen LogP) is 4.90. The third-order valence-corrected chi connectivity index (χ3v) is 4.30. The molecule has 0 atom stereocenters. The summed E-state index contributed by atoms with van der Waals surface area (Å²) in [5.74, 6) is -0.156. The number of nitrogens with one attached hydrogen (secondary N) is 1. The molecule has 0 fully saturated rings. The molecular weight excluding hydrogens is 261 g/mol. The lowest BCUT2D eigenvalue weighted by Gasteiger charge is -2.23. The molecule has 112 valence electrons. The molecule has 0 saturated carbocycles. The van der Waals surface area contributed by atoms with Crippen LogP contribution >= 0.6 is 0 Å². The average Bonchev–Trinajstić information content (AvgIpc) is 2.50. The van der Waals surface area contributed by atoms with E-state index in [1.807, 2.05) is 19.2 Å². The van der Waals surface area contributed by atoms with E-state index in [0.29, 0.717) is 12.1 Å². The predicted molar refractivity (Wildman–Crippen MR) is 87.9 cm³/mol. The van der Waals surface area contributed by atoms with Crippen LogP contribution in [0.3, 0.4) is 0 Å². The second-order valence-corrected chi connectivity index (χ2v) is 6.15. The summed E-state index contributed by atoms with van der Waals surface area (Å²) in [5, 5.41) is 3.00.